The van der Waals surface area contributed by atoms with E-state index in [0.717, 1.165) is 12.0 Å². The zero-order chi connectivity index (χ0) is 11.7. The summed E-state index contributed by atoms with van der Waals surface area (Å²) in [5, 5.41) is 3.74. The molecule has 1 nitrogen and oxygen atoms in total. The summed E-state index contributed by atoms with van der Waals surface area (Å²) in [5.41, 5.74) is 1.98. The normalized spacial score (nSPS) is 23.4. The van der Waals surface area contributed by atoms with Gasteiger partial charge in [0.1, 0.15) is 0 Å². The van der Waals surface area contributed by atoms with E-state index in [4.69, 9.17) is 0 Å². The van der Waals surface area contributed by atoms with Gasteiger partial charge in [0.2, 0.25) is 0 Å². The quantitative estimate of drug-likeness (QED) is 0.788. The van der Waals surface area contributed by atoms with Gasteiger partial charge in [-0.1, -0.05) is 37.3 Å². The summed E-state index contributed by atoms with van der Waals surface area (Å²) < 4.78 is 0. The molecule has 0 aromatic heterocycles. The average Bonchev–Trinajstić information content (AvgIpc) is 3.18. The number of hydrogen-bond acceptors (Lipinski definition) is 1. The SMILES string of the molecule is CC(CNC1CC1)(Cc1ccccc1)C1CC1. The first-order valence-corrected chi connectivity index (χ1v) is 7.04. The Morgan fingerprint density at radius 1 is 1.12 bits per heavy atom. The lowest BCUT2D eigenvalue weighted by atomic mass is 9.79. The van der Waals surface area contributed by atoms with Crippen molar-refractivity contribution >= 4 is 0 Å². The Morgan fingerprint density at radius 2 is 1.82 bits per heavy atom. The van der Waals surface area contributed by atoms with E-state index >= 15 is 0 Å². The Hall–Kier alpha value is -0.820. The molecule has 3 rings (SSSR count). The van der Waals surface area contributed by atoms with Gasteiger partial charge >= 0.3 is 0 Å². The Kier molecular flexibility index (Phi) is 2.96. The molecule has 0 saturated heterocycles. The molecule has 2 saturated carbocycles. The predicted octanol–water partition coefficient (Wildman–Crippen LogP) is 3.40. The van der Waals surface area contributed by atoms with Crippen molar-refractivity contribution in [2.45, 2.75) is 45.1 Å². The molecule has 1 aromatic rings. The second kappa shape index (κ2) is 4.45. The van der Waals surface area contributed by atoms with Gasteiger partial charge in [-0.25, -0.2) is 0 Å². The van der Waals surface area contributed by atoms with Crippen LogP contribution >= 0.6 is 0 Å². The average molecular weight is 229 g/mol. The van der Waals surface area contributed by atoms with Crippen LogP contribution in [-0.4, -0.2) is 12.6 Å². The van der Waals surface area contributed by atoms with Gasteiger partial charge in [0.25, 0.3) is 0 Å². The number of nitrogens with one attached hydrogen (secondary N) is 1. The van der Waals surface area contributed by atoms with Crippen LogP contribution in [0.25, 0.3) is 0 Å². The first-order valence-electron chi connectivity index (χ1n) is 7.04. The number of benzene rings is 1. The topological polar surface area (TPSA) is 12.0 Å². The van der Waals surface area contributed by atoms with Crippen LogP contribution in [0.5, 0.6) is 0 Å². The molecule has 0 aliphatic heterocycles. The van der Waals surface area contributed by atoms with Crippen molar-refractivity contribution in [3.8, 4) is 0 Å². The molecule has 1 N–H and O–H groups in total. The summed E-state index contributed by atoms with van der Waals surface area (Å²) in [5.74, 6) is 0.953. The molecule has 1 unspecified atom stereocenters. The Labute approximate surface area is 105 Å². The van der Waals surface area contributed by atoms with Crippen LogP contribution in [-0.2, 0) is 6.42 Å². The van der Waals surface area contributed by atoms with E-state index < -0.39 is 0 Å². The lowest BCUT2D eigenvalue weighted by Crippen LogP contribution is -2.36. The highest BCUT2D eigenvalue weighted by Crippen LogP contribution is 2.47. The Bertz CT molecular complexity index is 364. The van der Waals surface area contributed by atoms with E-state index in [1.807, 2.05) is 0 Å². The Balaban J connectivity index is 1.65. The minimum atomic E-state index is 0.476. The largest absolute Gasteiger partial charge is 0.313 e. The van der Waals surface area contributed by atoms with Gasteiger partial charge in [-0.3, -0.25) is 0 Å². The van der Waals surface area contributed by atoms with Crippen LogP contribution in [0.4, 0.5) is 0 Å². The minimum absolute atomic E-state index is 0.476. The molecule has 0 radical (unpaired) electrons. The number of rotatable bonds is 6. The second-order valence-electron chi connectivity index (χ2n) is 6.25. The summed E-state index contributed by atoms with van der Waals surface area (Å²) in [7, 11) is 0. The smallest absolute Gasteiger partial charge is 0.00684 e. The van der Waals surface area contributed by atoms with Crippen LogP contribution in [0, 0.1) is 11.3 Å². The van der Waals surface area contributed by atoms with E-state index in [2.05, 4.69) is 42.6 Å². The standard InChI is InChI=1S/C16H23N/c1-16(14-7-8-14,12-17-15-9-10-15)11-13-5-3-2-4-6-13/h2-6,14-15,17H,7-12H2,1H3. The molecule has 0 heterocycles. The van der Waals surface area contributed by atoms with Crippen LogP contribution < -0.4 is 5.32 Å². The van der Waals surface area contributed by atoms with Gasteiger partial charge in [-0.05, 0) is 49.0 Å². The van der Waals surface area contributed by atoms with Gasteiger partial charge < -0.3 is 5.32 Å². The maximum absolute atomic E-state index is 3.74. The first-order chi connectivity index (χ1) is 8.26. The van der Waals surface area contributed by atoms with Crippen molar-refractivity contribution < 1.29 is 0 Å². The molecule has 1 aromatic carbocycles. The van der Waals surface area contributed by atoms with Crippen molar-refractivity contribution in [1.29, 1.82) is 0 Å². The molecule has 0 spiro atoms. The predicted molar refractivity (Wildman–Crippen MR) is 72.0 cm³/mol. The minimum Gasteiger partial charge on any atom is -0.313 e. The van der Waals surface area contributed by atoms with Gasteiger partial charge in [0.15, 0.2) is 0 Å². The van der Waals surface area contributed by atoms with E-state index in [0.29, 0.717) is 5.41 Å². The van der Waals surface area contributed by atoms with Crippen molar-refractivity contribution in [1.82, 2.24) is 5.32 Å². The van der Waals surface area contributed by atoms with Crippen LogP contribution in [0.15, 0.2) is 30.3 Å². The van der Waals surface area contributed by atoms with Crippen molar-refractivity contribution in [2.75, 3.05) is 6.54 Å². The highest BCUT2D eigenvalue weighted by Gasteiger charge is 2.41. The molecule has 2 fully saturated rings. The summed E-state index contributed by atoms with van der Waals surface area (Å²) in [6.07, 6.45) is 6.90. The molecule has 0 bridgehead atoms. The van der Waals surface area contributed by atoms with Crippen molar-refractivity contribution in [2.24, 2.45) is 11.3 Å². The maximum atomic E-state index is 3.74. The molecule has 92 valence electrons. The van der Waals surface area contributed by atoms with Crippen molar-refractivity contribution in [3.63, 3.8) is 0 Å². The summed E-state index contributed by atoms with van der Waals surface area (Å²) in [6.45, 7) is 3.68. The van der Waals surface area contributed by atoms with Crippen LogP contribution in [0.2, 0.25) is 0 Å². The molecule has 17 heavy (non-hydrogen) atoms. The van der Waals surface area contributed by atoms with E-state index in [9.17, 15) is 0 Å². The van der Waals surface area contributed by atoms with Crippen LogP contribution in [0.3, 0.4) is 0 Å². The zero-order valence-electron chi connectivity index (χ0n) is 10.8. The Morgan fingerprint density at radius 3 is 2.41 bits per heavy atom. The van der Waals surface area contributed by atoms with Crippen molar-refractivity contribution in [3.05, 3.63) is 35.9 Å². The highest BCUT2D eigenvalue weighted by molar-refractivity contribution is 5.17. The first kappa shape index (κ1) is 11.3. The van der Waals surface area contributed by atoms with E-state index in [1.165, 1.54) is 44.2 Å². The third kappa shape index (κ3) is 2.90. The van der Waals surface area contributed by atoms with E-state index in [1.54, 1.807) is 0 Å². The lowest BCUT2D eigenvalue weighted by Gasteiger charge is -2.30. The third-order valence-corrected chi connectivity index (χ3v) is 4.39. The van der Waals surface area contributed by atoms with Gasteiger partial charge in [-0.2, -0.15) is 0 Å². The summed E-state index contributed by atoms with van der Waals surface area (Å²) in [4.78, 5) is 0. The van der Waals surface area contributed by atoms with Gasteiger partial charge in [-0.15, -0.1) is 0 Å². The molecule has 1 atom stereocenters. The monoisotopic (exact) mass is 229 g/mol. The molecule has 2 aliphatic rings. The van der Waals surface area contributed by atoms with Crippen LogP contribution in [0.1, 0.15) is 38.2 Å². The lowest BCUT2D eigenvalue weighted by molar-refractivity contribution is 0.255. The fraction of sp³-hybridized carbons (Fsp3) is 0.625. The zero-order valence-corrected chi connectivity index (χ0v) is 10.8. The summed E-state index contributed by atoms with van der Waals surface area (Å²) >= 11 is 0. The fourth-order valence-electron chi connectivity index (χ4n) is 2.86. The third-order valence-electron chi connectivity index (χ3n) is 4.39. The van der Waals surface area contributed by atoms with E-state index in [-0.39, 0.29) is 0 Å². The van der Waals surface area contributed by atoms with Gasteiger partial charge in [0.05, 0.1) is 0 Å². The maximum Gasteiger partial charge on any atom is 0.00684 e. The molecule has 0 amide bonds. The highest BCUT2D eigenvalue weighted by atomic mass is 15.0. The molecular formula is C16H23N. The molecular weight excluding hydrogens is 206 g/mol. The second-order valence-corrected chi connectivity index (χ2v) is 6.25. The molecule has 2 aliphatic carbocycles. The fourth-order valence-corrected chi connectivity index (χ4v) is 2.86. The molecule has 1 heteroatoms. The summed E-state index contributed by atoms with van der Waals surface area (Å²) in [6, 6.07) is 11.8. The van der Waals surface area contributed by atoms with Gasteiger partial charge in [0, 0.05) is 12.6 Å². The number of hydrogen-bond donors (Lipinski definition) is 1.